The van der Waals surface area contributed by atoms with Crippen LogP contribution in [0.4, 0.5) is 0 Å². The first kappa shape index (κ1) is 14.2. The molecule has 0 saturated heterocycles. The Hall–Kier alpha value is -1.23. The fourth-order valence-electron chi connectivity index (χ4n) is 2.18. The zero-order valence-electron chi connectivity index (χ0n) is 11.8. The summed E-state index contributed by atoms with van der Waals surface area (Å²) >= 11 is 1.72. The fraction of sp³-hybridized carbons (Fsp3) is 0.400. The Balaban J connectivity index is 2.00. The van der Waals surface area contributed by atoms with Gasteiger partial charge in [-0.2, -0.15) is 0 Å². The lowest BCUT2D eigenvalue weighted by atomic mass is 10.1. The van der Waals surface area contributed by atoms with E-state index in [0.717, 1.165) is 30.3 Å². The topological polar surface area (TPSA) is 28.2 Å². The molecule has 2 aromatic rings. The summed E-state index contributed by atoms with van der Waals surface area (Å²) in [6, 6.07) is 8.59. The van der Waals surface area contributed by atoms with Crippen molar-refractivity contribution in [2.75, 3.05) is 14.1 Å². The molecule has 3 nitrogen and oxygen atoms in total. The lowest BCUT2D eigenvalue weighted by Gasteiger charge is -2.18. The number of benzene rings is 1. The van der Waals surface area contributed by atoms with Crippen LogP contribution in [0.1, 0.15) is 21.8 Å². The zero-order valence-corrected chi connectivity index (χ0v) is 12.6. The predicted molar refractivity (Wildman–Crippen MR) is 81.2 cm³/mol. The van der Waals surface area contributed by atoms with Crippen LogP contribution in [-0.2, 0) is 19.6 Å². The zero-order chi connectivity index (χ0) is 13.7. The third-order valence-corrected chi connectivity index (χ3v) is 3.85. The number of thiazole rings is 1. The van der Waals surface area contributed by atoms with Gasteiger partial charge < -0.3 is 5.32 Å². The molecule has 0 aliphatic heterocycles. The number of aromatic nitrogens is 1. The van der Waals surface area contributed by atoms with E-state index in [1.165, 1.54) is 11.1 Å². The molecule has 0 aliphatic carbocycles. The third kappa shape index (κ3) is 4.13. The van der Waals surface area contributed by atoms with Gasteiger partial charge in [0.05, 0.1) is 10.7 Å². The van der Waals surface area contributed by atoms with E-state index in [2.05, 4.69) is 58.8 Å². The Morgan fingerprint density at radius 3 is 2.58 bits per heavy atom. The lowest BCUT2D eigenvalue weighted by molar-refractivity contribution is 0.314. The van der Waals surface area contributed by atoms with E-state index < -0.39 is 0 Å². The van der Waals surface area contributed by atoms with Gasteiger partial charge in [0.1, 0.15) is 0 Å². The van der Waals surface area contributed by atoms with E-state index in [-0.39, 0.29) is 0 Å². The van der Waals surface area contributed by atoms with Crippen LogP contribution in [0.15, 0.2) is 29.6 Å². The summed E-state index contributed by atoms with van der Waals surface area (Å²) in [4.78, 5) is 6.82. The average Bonchev–Trinajstić information content (AvgIpc) is 2.77. The van der Waals surface area contributed by atoms with Gasteiger partial charge in [-0.15, -0.1) is 11.3 Å². The number of hydrogen-bond donors (Lipinski definition) is 1. The summed E-state index contributed by atoms with van der Waals surface area (Å²) in [5.41, 5.74) is 3.91. The van der Waals surface area contributed by atoms with Crippen LogP contribution in [0.3, 0.4) is 0 Å². The van der Waals surface area contributed by atoms with Crippen LogP contribution >= 0.6 is 11.3 Å². The molecular formula is C15H21N3S. The maximum absolute atomic E-state index is 4.52. The van der Waals surface area contributed by atoms with Gasteiger partial charge in [0, 0.05) is 25.0 Å². The minimum atomic E-state index is 0.901. The average molecular weight is 275 g/mol. The van der Waals surface area contributed by atoms with Gasteiger partial charge in [-0.1, -0.05) is 24.3 Å². The smallest absolute Gasteiger partial charge is 0.0897 e. The third-order valence-electron chi connectivity index (χ3n) is 3.02. The number of rotatable bonds is 6. The van der Waals surface area contributed by atoms with Crippen molar-refractivity contribution in [2.45, 2.75) is 26.6 Å². The van der Waals surface area contributed by atoms with Crippen molar-refractivity contribution in [1.29, 1.82) is 0 Å². The van der Waals surface area contributed by atoms with Crippen LogP contribution in [0.2, 0.25) is 0 Å². The molecule has 19 heavy (non-hydrogen) atoms. The summed E-state index contributed by atoms with van der Waals surface area (Å²) in [5.74, 6) is 0. The molecular weight excluding hydrogens is 254 g/mol. The molecule has 102 valence electrons. The summed E-state index contributed by atoms with van der Waals surface area (Å²) in [6.07, 6.45) is 0. The molecule has 0 bridgehead atoms. The van der Waals surface area contributed by atoms with Crippen LogP contribution in [0.5, 0.6) is 0 Å². The number of nitrogens with zero attached hydrogens (tertiary/aromatic N) is 2. The molecule has 4 heteroatoms. The van der Waals surface area contributed by atoms with Gasteiger partial charge >= 0.3 is 0 Å². The second kappa shape index (κ2) is 6.80. The lowest BCUT2D eigenvalue weighted by Crippen LogP contribution is -2.19. The highest BCUT2D eigenvalue weighted by Gasteiger charge is 2.07. The summed E-state index contributed by atoms with van der Waals surface area (Å²) in [6.45, 7) is 4.82. The predicted octanol–water partition coefficient (Wildman–Crippen LogP) is 2.80. The minimum absolute atomic E-state index is 0.901. The van der Waals surface area contributed by atoms with Gasteiger partial charge in [0.2, 0.25) is 0 Å². The van der Waals surface area contributed by atoms with E-state index in [9.17, 15) is 0 Å². The molecule has 0 atom stereocenters. The number of aryl methyl sites for hydroxylation is 1. The van der Waals surface area contributed by atoms with Crippen molar-refractivity contribution < 1.29 is 0 Å². The van der Waals surface area contributed by atoms with Crippen molar-refractivity contribution in [2.24, 2.45) is 0 Å². The summed E-state index contributed by atoms with van der Waals surface area (Å²) in [7, 11) is 4.13. The molecule has 1 aromatic carbocycles. The first-order valence-electron chi connectivity index (χ1n) is 6.50. The maximum Gasteiger partial charge on any atom is 0.0897 e. The normalized spacial score (nSPS) is 11.2. The molecule has 0 unspecified atom stereocenters. The van der Waals surface area contributed by atoms with Crippen LogP contribution in [0, 0.1) is 6.92 Å². The monoisotopic (exact) mass is 275 g/mol. The molecule has 0 saturated carbocycles. The summed E-state index contributed by atoms with van der Waals surface area (Å²) in [5, 5.41) is 6.50. The van der Waals surface area contributed by atoms with Gasteiger partial charge in [-0.05, 0) is 32.1 Å². The number of hydrogen-bond acceptors (Lipinski definition) is 4. The van der Waals surface area contributed by atoms with E-state index in [0.29, 0.717) is 0 Å². The maximum atomic E-state index is 4.52. The minimum Gasteiger partial charge on any atom is -0.316 e. The summed E-state index contributed by atoms with van der Waals surface area (Å²) < 4.78 is 0. The highest BCUT2D eigenvalue weighted by atomic mass is 32.1. The van der Waals surface area contributed by atoms with Crippen molar-refractivity contribution in [1.82, 2.24) is 15.2 Å². The number of nitrogens with one attached hydrogen (secondary N) is 1. The Kier molecular flexibility index (Phi) is 5.07. The van der Waals surface area contributed by atoms with E-state index in [4.69, 9.17) is 0 Å². The Morgan fingerprint density at radius 1 is 1.21 bits per heavy atom. The van der Waals surface area contributed by atoms with Crippen LogP contribution in [-0.4, -0.2) is 24.0 Å². The first-order chi connectivity index (χ1) is 9.19. The second-order valence-electron chi connectivity index (χ2n) is 4.83. The van der Waals surface area contributed by atoms with Gasteiger partial charge in [-0.3, -0.25) is 4.90 Å². The van der Waals surface area contributed by atoms with Crippen molar-refractivity contribution in [3.05, 3.63) is 51.5 Å². The first-order valence-corrected chi connectivity index (χ1v) is 7.38. The molecule has 1 heterocycles. The fourth-order valence-corrected chi connectivity index (χ4v) is 2.78. The molecule has 1 N–H and O–H groups in total. The van der Waals surface area contributed by atoms with Crippen LogP contribution in [0.25, 0.3) is 0 Å². The Morgan fingerprint density at radius 2 is 1.95 bits per heavy atom. The quantitative estimate of drug-likeness (QED) is 0.878. The highest BCUT2D eigenvalue weighted by molar-refractivity contribution is 7.09. The molecule has 0 fully saturated rings. The van der Waals surface area contributed by atoms with Gasteiger partial charge in [-0.25, -0.2) is 4.98 Å². The Bertz CT molecular complexity index is 522. The van der Waals surface area contributed by atoms with Crippen molar-refractivity contribution >= 4 is 11.3 Å². The molecule has 2 rings (SSSR count). The van der Waals surface area contributed by atoms with E-state index >= 15 is 0 Å². The van der Waals surface area contributed by atoms with E-state index in [1.54, 1.807) is 11.3 Å². The largest absolute Gasteiger partial charge is 0.316 e. The molecule has 0 radical (unpaired) electrons. The highest BCUT2D eigenvalue weighted by Crippen LogP contribution is 2.14. The second-order valence-corrected chi connectivity index (χ2v) is 5.89. The van der Waals surface area contributed by atoms with E-state index in [1.807, 2.05) is 7.05 Å². The van der Waals surface area contributed by atoms with Gasteiger partial charge in [0.15, 0.2) is 0 Å². The van der Waals surface area contributed by atoms with Crippen LogP contribution < -0.4 is 5.32 Å². The standard InChI is InChI=1S/C15H21N3S/c1-12-17-15(11-19-12)10-18(3)9-14-7-5-4-6-13(14)8-16-2/h4-7,11,16H,8-10H2,1-3H3. The molecule has 1 aromatic heterocycles. The van der Waals surface area contributed by atoms with Crippen molar-refractivity contribution in [3.8, 4) is 0 Å². The SMILES string of the molecule is CNCc1ccccc1CN(C)Cc1csc(C)n1. The Labute approximate surface area is 119 Å². The molecule has 0 amide bonds. The van der Waals surface area contributed by atoms with Crippen molar-refractivity contribution in [3.63, 3.8) is 0 Å². The molecule has 0 spiro atoms. The van der Waals surface area contributed by atoms with Gasteiger partial charge in [0.25, 0.3) is 0 Å². The molecule has 0 aliphatic rings.